The minimum atomic E-state index is -1.74. The lowest BCUT2D eigenvalue weighted by molar-refractivity contribution is -0.142. The summed E-state index contributed by atoms with van der Waals surface area (Å²) < 4.78 is 0. The van der Waals surface area contributed by atoms with Crippen LogP contribution in [0.15, 0.2) is 70.6 Å². The van der Waals surface area contributed by atoms with Crippen LogP contribution in [0.4, 0.5) is 0 Å². The van der Waals surface area contributed by atoms with E-state index in [0.29, 0.717) is 24.8 Å². The highest BCUT2D eigenvalue weighted by Crippen LogP contribution is 2.10. The van der Waals surface area contributed by atoms with Crippen molar-refractivity contribution in [2.75, 3.05) is 52.4 Å². The number of aliphatic carboxylic acids is 1. The van der Waals surface area contributed by atoms with Crippen LogP contribution >= 0.6 is 0 Å². The minimum absolute atomic E-state index is 0.0295. The van der Waals surface area contributed by atoms with E-state index in [9.17, 15) is 77.6 Å². The van der Waals surface area contributed by atoms with E-state index in [1.807, 2.05) is 0 Å². The quantitative estimate of drug-likeness (QED) is 0.0166. The van der Waals surface area contributed by atoms with Gasteiger partial charge in [0, 0.05) is 19.5 Å². The van der Waals surface area contributed by atoms with Crippen LogP contribution in [-0.2, 0) is 75.2 Å². The van der Waals surface area contributed by atoms with Crippen molar-refractivity contribution in [2.24, 2.45) is 50.1 Å². The van der Waals surface area contributed by atoms with Crippen LogP contribution in [0.5, 0.6) is 0 Å². The molecule has 2 aromatic carbocycles. The topological polar surface area (TPSA) is 634 Å². The van der Waals surface area contributed by atoms with Gasteiger partial charge >= 0.3 is 5.97 Å². The SMILES string of the molecule is C[C@H](NC(=O)CNC(=O)[C@@H](NC(=O)[C@H](Cc1ccccc1)NC(=O)CNC(=O)CNC(=O)[C@@H](N)Cc1ccccc1)[C@@H](C)O)C(=O)N[C@@H](CCCN=C(N)N)C(=O)N[C@@H](CCCCN)C(=O)N[C@@H](CO)C(=O)N[C@@H](C)C(=O)N[C@@H](CCCN=C(N)N)C(=O)N[C@@H](CCCCN)C(=O)O. The number of carboxylic acid groups (broad SMARTS) is 1. The number of amides is 12. The first-order valence-corrected chi connectivity index (χ1v) is 31.9. The Bertz CT molecular complexity index is 2990. The predicted molar refractivity (Wildman–Crippen MR) is 358 cm³/mol. The fourth-order valence-corrected chi connectivity index (χ4v) is 9.14. The number of nitrogens with two attached hydrogens (primary N) is 7. The lowest BCUT2D eigenvalue weighted by atomic mass is 10.0. The maximum absolute atomic E-state index is 14.1. The van der Waals surface area contributed by atoms with Gasteiger partial charge in [0.25, 0.3) is 0 Å². The van der Waals surface area contributed by atoms with Crippen molar-refractivity contribution < 1.29 is 77.6 Å². The van der Waals surface area contributed by atoms with Crippen LogP contribution in [0.1, 0.15) is 96.1 Å². The zero-order valence-electron chi connectivity index (χ0n) is 55.4. The Morgan fingerprint density at radius 3 is 1.28 bits per heavy atom. The highest BCUT2D eigenvalue weighted by Gasteiger charge is 2.35. The Labute approximate surface area is 567 Å². The van der Waals surface area contributed by atoms with Crippen molar-refractivity contribution in [3.05, 3.63) is 71.8 Å². The molecule has 0 aliphatic rings. The van der Waals surface area contributed by atoms with Gasteiger partial charge in [-0.05, 0) is 116 Å². The number of hydrogen-bond donors (Lipinski definition) is 22. The molecule has 544 valence electrons. The Morgan fingerprint density at radius 1 is 0.418 bits per heavy atom. The lowest BCUT2D eigenvalue weighted by Crippen LogP contribution is -2.60. The van der Waals surface area contributed by atoms with E-state index in [4.69, 9.17) is 40.1 Å². The van der Waals surface area contributed by atoms with Crippen LogP contribution in [0.25, 0.3) is 0 Å². The molecule has 37 heteroatoms. The molecule has 0 saturated heterocycles. The number of carboxylic acids is 1. The molecule has 98 heavy (non-hydrogen) atoms. The molecule has 0 aromatic heterocycles. The van der Waals surface area contributed by atoms with Crippen LogP contribution in [0, 0.1) is 0 Å². The van der Waals surface area contributed by atoms with Gasteiger partial charge in [-0.3, -0.25) is 67.5 Å². The third-order valence-corrected chi connectivity index (χ3v) is 14.6. The number of aliphatic imine (C=N–C) groups is 2. The number of carbonyl (C=O) groups is 13. The maximum Gasteiger partial charge on any atom is 0.326 e. The second-order valence-corrected chi connectivity index (χ2v) is 22.9. The number of aliphatic hydroxyl groups excluding tert-OH is 2. The summed E-state index contributed by atoms with van der Waals surface area (Å²) in [6.45, 7) is 1.10. The van der Waals surface area contributed by atoms with Crippen molar-refractivity contribution in [1.82, 2.24) is 63.8 Å². The maximum atomic E-state index is 14.1. The molecule has 0 heterocycles. The Balaban J connectivity index is 2.18. The molecule has 11 atom stereocenters. The van der Waals surface area contributed by atoms with Gasteiger partial charge in [0.05, 0.1) is 38.4 Å². The molecule has 12 amide bonds. The normalized spacial score (nSPS) is 14.2. The van der Waals surface area contributed by atoms with Gasteiger partial charge in [0.2, 0.25) is 70.9 Å². The molecule has 0 bridgehead atoms. The number of rotatable bonds is 47. The first-order chi connectivity index (χ1) is 46.5. The van der Waals surface area contributed by atoms with Gasteiger partial charge in [0.15, 0.2) is 11.9 Å². The molecule has 29 N–H and O–H groups in total. The van der Waals surface area contributed by atoms with Gasteiger partial charge in [-0.1, -0.05) is 60.7 Å². The number of nitrogens with one attached hydrogen (secondary N) is 12. The molecule has 0 saturated carbocycles. The number of aliphatic hydroxyl groups is 2. The van der Waals surface area contributed by atoms with Crippen molar-refractivity contribution in [1.29, 1.82) is 0 Å². The monoisotopic (exact) mass is 1380 g/mol. The zero-order valence-corrected chi connectivity index (χ0v) is 55.4. The molecule has 2 rings (SSSR count). The van der Waals surface area contributed by atoms with Crippen LogP contribution < -0.4 is 104 Å². The van der Waals surface area contributed by atoms with Crippen molar-refractivity contribution in [3.63, 3.8) is 0 Å². The van der Waals surface area contributed by atoms with Crippen molar-refractivity contribution >= 4 is 88.8 Å². The third-order valence-electron chi connectivity index (χ3n) is 14.6. The Morgan fingerprint density at radius 2 is 0.806 bits per heavy atom. The Kier molecular flexibility index (Phi) is 39.5. The number of nitrogens with zero attached hydrogens (tertiary/aromatic N) is 2. The van der Waals surface area contributed by atoms with Crippen molar-refractivity contribution in [3.8, 4) is 0 Å². The summed E-state index contributed by atoms with van der Waals surface area (Å²) in [6, 6.07) is 3.07. The molecular formula is C61H99N21O16. The van der Waals surface area contributed by atoms with E-state index >= 15 is 0 Å². The lowest BCUT2D eigenvalue weighted by Gasteiger charge is -2.26. The average molecular weight is 1380 g/mol. The minimum Gasteiger partial charge on any atom is -0.480 e. The molecule has 0 spiro atoms. The predicted octanol–water partition coefficient (Wildman–Crippen LogP) is -8.63. The van der Waals surface area contributed by atoms with E-state index in [2.05, 4.69) is 73.8 Å². The largest absolute Gasteiger partial charge is 0.480 e. The summed E-state index contributed by atoms with van der Waals surface area (Å²) in [5.41, 5.74) is 40.4. The van der Waals surface area contributed by atoms with E-state index in [1.165, 1.54) is 20.8 Å². The van der Waals surface area contributed by atoms with E-state index < -0.39 is 170 Å². The summed E-state index contributed by atoms with van der Waals surface area (Å²) in [4.78, 5) is 181. The standard InChI is InChI=1S/C61H99N21O16/c1-34(74-47(86)32-73-58(96)49(36(3)84)82-56(94)44(29-38-18-8-5-9-19-38)76-48(87)31-71-46(85)30-72-52(90)39(64)28-37-16-6-4-7-17-37)50(88)77-41(22-14-26-69-60(65)66)53(91)79-40(20-10-12-24-62)55(93)81-45(33-83)57(95)75-35(2)51(89)78-42(23-15-27-70-61(67)68)54(92)80-43(59(97)98)21-11-13-25-63/h4-9,16-19,34-36,39-45,49,83-84H,10-15,20-33,62-64H2,1-3H3,(H,71,85)(H,72,90)(H,73,96)(H,74,86)(H,75,95)(H,76,87)(H,77,88)(H,78,89)(H,79,91)(H,80,92)(H,81,93)(H,82,94)(H,97,98)(H4,65,66,69)(H4,67,68,70)/t34-,35-,36+,39-,40-,41-,42-,43-,44-,45-,49-/m0/s1. The number of benzene rings is 2. The van der Waals surface area contributed by atoms with Gasteiger partial charge in [0.1, 0.15) is 54.4 Å². The summed E-state index contributed by atoms with van der Waals surface area (Å²) in [7, 11) is 0. The number of guanidine groups is 2. The molecule has 0 aliphatic heterocycles. The van der Waals surface area contributed by atoms with Crippen molar-refractivity contribution in [2.45, 2.75) is 164 Å². The van der Waals surface area contributed by atoms with E-state index in [0.717, 1.165) is 5.56 Å². The second kappa shape index (κ2) is 46.1. The Hall–Kier alpha value is -10.1. The number of carbonyl (C=O) groups excluding carboxylic acids is 12. The summed E-state index contributed by atoms with van der Waals surface area (Å²) in [5.74, 6) is -12.8. The van der Waals surface area contributed by atoms with Gasteiger partial charge in [-0.2, -0.15) is 0 Å². The molecule has 0 unspecified atom stereocenters. The molecule has 0 radical (unpaired) electrons. The fraction of sp³-hybridized carbons (Fsp3) is 0.557. The third kappa shape index (κ3) is 34.0. The number of hydrogen-bond acceptors (Lipinski definition) is 20. The van der Waals surface area contributed by atoms with Crippen LogP contribution in [0.3, 0.4) is 0 Å². The second-order valence-electron chi connectivity index (χ2n) is 22.9. The first-order valence-electron chi connectivity index (χ1n) is 31.9. The van der Waals surface area contributed by atoms with Gasteiger partial charge in [-0.25, -0.2) is 4.79 Å². The van der Waals surface area contributed by atoms with Gasteiger partial charge < -0.3 is 119 Å². The summed E-state index contributed by atoms with van der Waals surface area (Å²) >= 11 is 0. The molecule has 37 nitrogen and oxygen atoms in total. The molecule has 2 aromatic rings. The highest BCUT2D eigenvalue weighted by atomic mass is 16.4. The molecule has 0 fully saturated rings. The van der Waals surface area contributed by atoms with Crippen LogP contribution in [-0.4, -0.2) is 223 Å². The smallest absolute Gasteiger partial charge is 0.326 e. The highest BCUT2D eigenvalue weighted by molar-refractivity contribution is 5.99. The fourth-order valence-electron chi connectivity index (χ4n) is 9.14. The summed E-state index contributed by atoms with van der Waals surface area (Å²) in [5, 5.41) is 59.6. The molecule has 0 aliphatic carbocycles. The van der Waals surface area contributed by atoms with Gasteiger partial charge in [-0.15, -0.1) is 0 Å². The average Bonchev–Trinajstić information content (AvgIpc) is 0.887. The van der Waals surface area contributed by atoms with Crippen LogP contribution in [0.2, 0.25) is 0 Å². The zero-order chi connectivity index (χ0) is 73.3. The van der Waals surface area contributed by atoms with E-state index in [1.54, 1.807) is 60.7 Å². The number of unbranched alkanes of at least 4 members (excludes halogenated alkanes) is 2. The molecular weight excluding hydrogens is 1280 g/mol. The summed E-state index contributed by atoms with van der Waals surface area (Å²) in [6.07, 6.45) is -0.129. The van der Waals surface area contributed by atoms with E-state index in [-0.39, 0.29) is 95.9 Å². The first kappa shape index (κ1) is 84.0.